The summed E-state index contributed by atoms with van der Waals surface area (Å²) in [5.41, 5.74) is 0. The van der Waals surface area contributed by atoms with Crippen LogP contribution in [0.25, 0.3) is 0 Å². The Labute approximate surface area is 177 Å². The molecule has 0 radical (unpaired) electrons. The highest BCUT2D eigenvalue weighted by Gasteiger charge is 2.35. The Balaban J connectivity index is 2.24. The number of halogens is 12. The van der Waals surface area contributed by atoms with E-state index in [-0.39, 0.29) is 0 Å². The van der Waals surface area contributed by atoms with Crippen LogP contribution < -0.4 is 9.47 Å². The Bertz CT molecular complexity index is 1200. The number of phenols is 2. The predicted molar refractivity (Wildman–Crippen MR) is 82.3 cm³/mol. The van der Waals surface area contributed by atoms with Crippen LogP contribution in [0.4, 0.5) is 52.7 Å². The number of aromatic hydroxyl groups is 2. The molecule has 2 N–H and O–H groups in total. The van der Waals surface area contributed by atoms with Gasteiger partial charge in [-0.2, -0.15) is 39.5 Å². The Hall–Kier alpha value is -3.98. The fourth-order valence-corrected chi connectivity index (χ4v) is 2.35. The van der Waals surface area contributed by atoms with Crippen molar-refractivity contribution in [1.29, 1.82) is 0 Å². The van der Waals surface area contributed by atoms with Gasteiger partial charge in [-0.25, -0.2) is 13.2 Å². The van der Waals surface area contributed by atoms with Crippen molar-refractivity contribution in [3.8, 4) is 34.5 Å². The molecule has 0 saturated heterocycles. The molecule has 0 atom stereocenters. The van der Waals surface area contributed by atoms with Gasteiger partial charge in [0.05, 0.1) is 0 Å². The minimum Gasteiger partial charge on any atom is -0.503 e. The van der Waals surface area contributed by atoms with Crippen molar-refractivity contribution in [1.82, 2.24) is 0 Å². The molecule has 0 amide bonds. The number of hydrogen-bond acceptors (Lipinski definition) is 4. The third-order valence-corrected chi connectivity index (χ3v) is 3.99. The van der Waals surface area contributed by atoms with E-state index in [9.17, 15) is 52.7 Å². The first-order valence-electron chi connectivity index (χ1n) is 8.03. The van der Waals surface area contributed by atoms with Crippen molar-refractivity contribution < 1.29 is 72.4 Å². The van der Waals surface area contributed by atoms with Crippen LogP contribution in [0.15, 0.2) is 0 Å². The van der Waals surface area contributed by atoms with Crippen molar-refractivity contribution in [2.45, 2.75) is 0 Å². The van der Waals surface area contributed by atoms with E-state index in [1.54, 1.807) is 0 Å². The summed E-state index contributed by atoms with van der Waals surface area (Å²) in [5.74, 6) is -45.6. The van der Waals surface area contributed by atoms with Gasteiger partial charge in [-0.05, 0) is 0 Å². The molecule has 0 aromatic heterocycles. The molecular weight excluding hydrogens is 508 g/mol. The Kier molecular flexibility index (Phi) is 6.11. The lowest BCUT2D eigenvalue weighted by Crippen LogP contribution is -2.08. The van der Waals surface area contributed by atoms with E-state index in [0.29, 0.717) is 0 Å². The smallest absolute Gasteiger partial charge is 0.214 e. The summed E-state index contributed by atoms with van der Waals surface area (Å²) in [6.45, 7) is 0. The average molecular weight is 510 g/mol. The quantitative estimate of drug-likeness (QED) is 0.244. The summed E-state index contributed by atoms with van der Waals surface area (Å²) in [4.78, 5) is 0. The van der Waals surface area contributed by atoms with E-state index in [1.165, 1.54) is 0 Å². The molecule has 0 fully saturated rings. The SMILES string of the molecule is Oc1c(F)c(F)c(F)c(Oc2c(F)c(F)c(F)c(Oc3c(F)c(O)c(F)c(F)c3F)c2F)c1F. The minimum absolute atomic E-state index is 2.27. The summed E-state index contributed by atoms with van der Waals surface area (Å²) < 4.78 is 173. The first kappa shape index (κ1) is 24.7. The second-order valence-corrected chi connectivity index (χ2v) is 5.99. The summed E-state index contributed by atoms with van der Waals surface area (Å²) in [7, 11) is 0. The zero-order valence-corrected chi connectivity index (χ0v) is 15.2. The maximum Gasteiger partial charge on any atom is 0.214 e. The standard InChI is InChI=1S/C18H2F12O4/c19-1-4(22)13(31)10(28)15(6(1)24)33-17-8(26)3(21)9(27)18(12(17)30)34-16-7(25)2(20)5(23)14(32)11(16)29/h31-32H. The molecule has 34 heavy (non-hydrogen) atoms. The van der Waals surface area contributed by atoms with Gasteiger partial charge in [0.2, 0.25) is 92.8 Å². The summed E-state index contributed by atoms with van der Waals surface area (Å²) in [5, 5.41) is 18.1. The Morgan fingerprint density at radius 2 is 0.529 bits per heavy atom. The molecule has 0 spiro atoms. The van der Waals surface area contributed by atoms with Crippen LogP contribution in [0.3, 0.4) is 0 Å². The zero-order valence-electron chi connectivity index (χ0n) is 15.2. The number of hydrogen-bond donors (Lipinski definition) is 2. The van der Waals surface area contributed by atoms with Crippen LogP contribution in [0.5, 0.6) is 34.5 Å². The van der Waals surface area contributed by atoms with E-state index in [1.807, 2.05) is 0 Å². The van der Waals surface area contributed by atoms with Gasteiger partial charge in [0.25, 0.3) is 0 Å². The molecule has 4 nitrogen and oxygen atoms in total. The Morgan fingerprint density at radius 3 is 0.824 bits per heavy atom. The van der Waals surface area contributed by atoms with Crippen molar-refractivity contribution in [2.24, 2.45) is 0 Å². The summed E-state index contributed by atoms with van der Waals surface area (Å²) in [6.07, 6.45) is 0. The highest BCUT2D eigenvalue weighted by Crippen LogP contribution is 2.44. The van der Waals surface area contributed by atoms with Gasteiger partial charge in [-0.3, -0.25) is 0 Å². The van der Waals surface area contributed by atoms with Gasteiger partial charge in [-0.1, -0.05) is 0 Å². The highest BCUT2D eigenvalue weighted by atomic mass is 19.2. The second kappa shape index (κ2) is 8.42. The van der Waals surface area contributed by atoms with Crippen LogP contribution in [0.2, 0.25) is 0 Å². The van der Waals surface area contributed by atoms with Gasteiger partial charge in [0.1, 0.15) is 0 Å². The van der Waals surface area contributed by atoms with Crippen molar-refractivity contribution >= 4 is 0 Å². The lowest BCUT2D eigenvalue weighted by Gasteiger charge is -2.16. The highest BCUT2D eigenvalue weighted by molar-refractivity contribution is 5.48. The normalized spacial score (nSPS) is 11.2. The fraction of sp³-hybridized carbons (Fsp3) is 0. The van der Waals surface area contributed by atoms with Gasteiger partial charge >= 0.3 is 0 Å². The lowest BCUT2D eigenvalue weighted by atomic mass is 10.2. The lowest BCUT2D eigenvalue weighted by molar-refractivity contribution is 0.286. The molecule has 0 unspecified atom stereocenters. The third kappa shape index (κ3) is 3.54. The monoisotopic (exact) mass is 510 g/mol. The van der Waals surface area contributed by atoms with Gasteiger partial charge in [-0.15, -0.1) is 0 Å². The maximum absolute atomic E-state index is 14.6. The van der Waals surface area contributed by atoms with E-state index in [0.717, 1.165) is 0 Å². The van der Waals surface area contributed by atoms with Crippen molar-refractivity contribution in [3.05, 3.63) is 69.8 Å². The predicted octanol–water partition coefficient (Wildman–Crippen LogP) is 6.35. The first-order chi connectivity index (χ1) is 15.7. The van der Waals surface area contributed by atoms with E-state index >= 15 is 0 Å². The van der Waals surface area contributed by atoms with Crippen molar-refractivity contribution in [3.63, 3.8) is 0 Å². The van der Waals surface area contributed by atoms with Crippen LogP contribution in [-0.4, -0.2) is 10.2 Å². The molecule has 16 heteroatoms. The van der Waals surface area contributed by atoms with Crippen LogP contribution >= 0.6 is 0 Å². The van der Waals surface area contributed by atoms with E-state index in [2.05, 4.69) is 9.47 Å². The number of phenolic OH excluding ortho intramolecular Hbond substituents is 2. The first-order valence-corrected chi connectivity index (χ1v) is 8.03. The summed E-state index contributed by atoms with van der Waals surface area (Å²) >= 11 is 0. The maximum atomic E-state index is 14.6. The van der Waals surface area contributed by atoms with Crippen molar-refractivity contribution in [2.75, 3.05) is 0 Å². The molecule has 0 saturated carbocycles. The van der Waals surface area contributed by atoms with Gasteiger partial charge < -0.3 is 19.7 Å². The molecule has 0 heterocycles. The Morgan fingerprint density at radius 1 is 0.294 bits per heavy atom. The molecule has 0 aliphatic carbocycles. The number of rotatable bonds is 4. The topological polar surface area (TPSA) is 58.9 Å². The second-order valence-electron chi connectivity index (χ2n) is 5.99. The molecule has 0 bridgehead atoms. The molecule has 182 valence electrons. The molecule has 0 aliphatic rings. The number of benzene rings is 3. The van der Waals surface area contributed by atoms with Crippen LogP contribution in [-0.2, 0) is 0 Å². The third-order valence-electron chi connectivity index (χ3n) is 3.99. The van der Waals surface area contributed by atoms with Crippen LogP contribution in [0.1, 0.15) is 0 Å². The number of ether oxygens (including phenoxy) is 2. The summed E-state index contributed by atoms with van der Waals surface area (Å²) in [6, 6.07) is 0. The average Bonchev–Trinajstić information content (AvgIpc) is 2.81. The van der Waals surface area contributed by atoms with Crippen LogP contribution in [0, 0.1) is 69.8 Å². The van der Waals surface area contributed by atoms with E-state index in [4.69, 9.17) is 10.2 Å². The molecule has 3 aromatic carbocycles. The molecule has 0 aliphatic heterocycles. The molecular formula is C18H2F12O4. The largest absolute Gasteiger partial charge is 0.503 e. The van der Waals surface area contributed by atoms with E-state index < -0.39 is 104 Å². The van der Waals surface area contributed by atoms with Gasteiger partial charge in [0.15, 0.2) is 11.5 Å². The molecule has 3 aromatic rings. The van der Waals surface area contributed by atoms with Gasteiger partial charge in [0, 0.05) is 0 Å². The molecule has 3 rings (SSSR count). The zero-order chi connectivity index (χ0) is 25.8. The fourth-order valence-electron chi connectivity index (χ4n) is 2.35. The minimum atomic E-state index is -2.81.